The fraction of sp³-hybridized carbons (Fsp3) is 0.240. The maximum Gasteiger partial charge on any atom is 0.337 e. The van der Waals surface area contributed by atoms with Crippen LogP contribution >= 0.6 is 12.2 Å². The molecule has 182 valence electrons. The molecule has 9 nitrogen and oxygen atoms in total. The number of carbonyl (C=O) groups excluding carboxylic acids is 1. The molecule has 0 amide bonds. The van der Waals surface area contributed by atoms with Gasteiger partial charge in [-0.3, -0.25) is 0 Å². The number of anilines is 1. The number of ether oxygens (including phenoxy) is 1. The number of thiocarbonyl (C=S) groups is 1. The van der Waals surface area contributed by atoms with Gasteiger partial charge in [-0.15, -0.1) is 0 Å². The molecule has 4 rings (SSSR count). The number of hydrogen-bond acceptors (Lipinski definition) is 6. The van der Waals surface area contributed by atoms with Crippen molar-refractivity contribution in [2.45, 2.75) is 32.2 Å². The zero-order valence-corrected chi connectivity index (χ0v) is 20.4. The first-order valence-electron chi connectivity index (χ1n) is 11.1. The number of benzene rings is 2. The predicted molar refractivity (Wildman–Crippen MR) is 136 cm³/mol. The number of rotatable bonds is 6. The van der Waals surface area contributed by atoms with Crippen LogP contribution in [0.25, 0.3) is 5.69 Å². The maximum atomic E-state index is 11.8. The minimum atomic E-state index is -0.988. The summed E-state index contributed by atoms with van der Waals surface area (Å²) in [7, 11) is 1.34. The van der Waals surface area contributed by atoms with Crippen molar-refractivity contribution in [3.63, 3.8) is 0 Å². The van der Waals surface area contributed by atoms with Crippen LogP contribution in [0.3, 0.4) is 0 Å². The topological polar surface area (TPSA) is 116 Å². The highest BCUT2D eigenvalue weighted by Crippen LogP contribution is 2.34. The molecule has 35 heavy (non-hydrogen) atoms. The number of quaternary nitrogens is 1. The third-order valence-corrected chi connectivity index (χ3v) is 6.24. The van der Waals surface area contributed by atoms with Crippen LogP contribution in [0.5, 0.6) is 0 Å². The van der Waals surface area contributed by atoms with Gasteiger partial charge >= 0.3 is 5.97 Å². The summed E-state index contributed by atoms with van der Waals surface area (Å²) in [4.78, 5) is 11.8. The van der Waals surface area contributed by atoms with Gasteiger partial charge in [-0.1, -0.05) is 30.4 Å². The van der Waals surface area contributed by atoms with Gasteiger partial charge in [0, 0.05) is 35.0 Å². The van der Waals surface area contributed by atoms with Crippen LogP contribution in [0.15, 0.2) is 60.7 Å². The maximum absolute atomic E-state index is 11.8. The molecule has 10 heteroatoms. The number of aromatic nitrogens is 2. The van der Waals surface area contributed by atoms with Gasteiger partial charge in [0.25, 0.3) is 0 Å². The van der Waals surface area contributed by atoms with Gasteiger partial charge in [-0.2, -0.15) is 10.3 Å². The lowest BCUT2D eigenvalue weighted by Gasteiger charge is -2.18. The molecule has 0 saturated carbocycles. The number of hydrogen-bond donors (Lipinski definition) is 4. The average Bonchev–Trinajstić information content (AvgIpc) is 3.41. The second kappa shape index (κ2) is 10.4. The van der Waals surface area contributed by atoms with Crippen LogP contribution in [-0.4, -0.2) is 39.2 Å². The first-order valence-corrected chi connectivity index (χ1v) is 11.5. The molecule has 1 aliphatic carbocycles. The number of nitrogens with one attached hydrogen (secondary N) is 3. The van der Waals surface area contributed by atoms with Crippen LogP contribution in [0.4, 0.5) is 11.4 Å². The molecule has 0 aliphatic heterocycles. The van der Waals surface area contributed by atoms with Gasteiger partial charge in [0.2, 0.25) is 0 Å². The first-order chi connectivity index (χ1) is 16.8. The fourth-order valence-corrected chi connectivity index (χ4v) is 4.73. The second-order valence-electron chi connectivity index (χ2n) is 8.32. The smallest absolute Gasteiger partial charge is 0.337 e. The molecule has 0 fully saturated rings. The van der Waals surface area contributed by atoms with E-state index in [4.69, 9.17) is 17.0 Å². The highest BCUT2D eigenvalue weighted by molar-refractivity contribution is 7.80. The molecule has 0 saturated heterocycles. The van der Waals surface area contributed by atoms with Gasteiger partial charge in [0.05, 0.1) is 18.4 Å². The Morgan fingerprint density at radius 1 is 1.23 bits per heavy atom. The molecule has 3 aromatic rings. The van der Waals surface area contributed by atoms with Crippen molar-refractivity contribution in [1.29, 1.82) is 0 Å². The summed E-state index contributed by atoms with van der Waals surface area (Å²) in [5.74, 6) is -0.296. The van der Waals surface area contributed by atoms with Crippen molar-refractivity contribution >= 4 is 34.7 Å². The molecule has 1 unspecified atom stereocenters. The van der Waals surface area contributed by atoms with E-state index in [0.717, 1.165) is 23.4 Å². The van der Waals surface area contributed by atoms with E-state index in [-0.39, 0.29) is 17.6 Å². The number of aryl methyl sites for hydroxylation is 1. The van der Waals surface area contributed by atoms with E-state index in [2.05, 4.69) is 27.9 Å². The zero-order chi connectivity index (χ0) is 25.1. The SMILES string of the molecule is COC(=O)c1cccc(NC(=S)N[C@@H]2C=C[C@H](c3c(C)nn(-c4ccccc4[NH+]([O-])O)c3C)C2)c1. The summed E-state index contributed by atoms with van der Waals surface area (Å²) in [6, 6.07) is 13.8. The molecule has 0 bridgehead atoms. The molecule has 0 spiro atoms. The Morgan fingerprint density at radius 3 is 2.74 bits per heavy atom. The highest BCUT2D eigenvalue weighted by atomic mass is 32.1. The Hall–Kier alpha value is -3.57. The molecule has 1 aliphatic rings. The molecule has 4 N–H and O–H groups in total. The third-order valence-electron chi connectivity index (χ3n) is 6.02. The van der Waals surface area contributed by atoms with Crippen molar-refractivity contribution < 1.29 is 20.0 Å². The number of methoxy groups -OCH3 is 1. The summed E-state index contributed by atoms with van der Waals surface area (Å²) in [5, 5.41) is 31.8. The van der Waals surface area contributed by atoms with E-state index < -0.39 is 11.2 Å². The lowest BCUT2D eigenvalue weighted by molar-refractivity contribution is -0.991. The number of nitrogens with zero attached hydrogens (tertiary/aromatic N) is 2. The summed E-state index contributed by atoms with van der Waals surface area (Å²) >= 11 is 5.48. The average molecular weight is 494 g/mol. The number of allylic oxidation sites excluding steroid dienone is 1. The lowest BCUT2D eigenvalue weighted by atomic mass is 9.96. The van der Waals surface area contributed by atoms with Crippen LogP contribution in [0, 0.1) is 19.1 Å². The summed E-state index contributed by atoms with van der Waals surface area (Å²) in [6.45, 7) is 3.90. The van der Waals surface area contributed by atoms with E-state index >= 15 is 0 Å². The minimum absolute atomic E-state index is 0.0113. The summed E-state index contributed by atoms with van der Waals surface area (Å²) in [5.41, 5.74) is 4.73. The lowest BCUT2D eigenvalue weighted by Crippen LogP contribution is -2.99. The highest BCUT2D eigenvalue weighted by Gasteiger charge is 2.27. The molecule has 0 radical (unpaired) electrons. The predicted octanol–water partition coefficient (Wildman–Crippen LogP) is 3.08. The Labute approximate surface area is 208 Å². The van der Waals surface area contributed by atoms with Crippen molar-refractivity contribution in [2.75, 3.05) is 12.4 Å². The minimum Gasteiger partial charge on any atom is -0.595 e. The Kier molecular flexibility index (Phi) is 7.27. The molecule has 1 aromatic heterocycles. The molecule has 2 aromatic carbocycles. The van der Waals surface area contributed by atoms with E-state index in [1.165, 1.54) is 7.11 Å². The van der Waals surface area contributed by atoms with E-state index in [1.807, 2.05) is 26.0 Å². The van der Waals surface area contributed by atoms with E-state index in [1.54, 1.807) is 41.1 Å². The van der Waals surface area contributed by atoms with Gasteiger partial charge in [-0.05, 0) is 56.8 Å². The van der Waals surface area contributed by atoms with Crippen LogP contribution in [-0.2, 0) is 4.74 Å². The molecular formula is C25H27N5O4S. The van der Waals surface area contributed by atoms with Crippen LogP contribution in [0.2, 0.25) is 0 Å². The fourth-order valence-electron chi connectivity index (χ4n) is 4.46. The van der Waals surface area contributed by atoms with Crippen molar-refractivity contribution in [3.8, 4) is 5.69 Å². The second-order valence-corrected chi connectivity index (χ2v) is 8.73. The largest absolute Gasteiger partial charge is 0.595 e. The van der Waals surface area contributed by atoms with Crippen molar-refractivity contribution in [2.24, 2.45) is 0 Å². The van der Waals surface area contributed by atoms with Gasteiger partial charge in [0.15, 0.2) is 10.8 Å². The van der Waals surface area contributed by atoms with Crippen molar-refractivity contribution in [3.05, 3.63) is 88.4 Å². The Balaban J connectivity index is 1.45. The first kappa shape index (κ1) is 24.6. The number of para-hydroxylation sites is 2. The molecular weight excluding hydrogens is 466 g/mol. The van der Waals surface area contributed by atoms with Crippen LogP contribution < -0.4 is 15.9 Å². The van der Waals surface area contributed by atoms with Crippen LogP contribution in [0.1, 0.15) is 39.6 Å². The number of esters is 1. The van der Waals surface area contributed by atoms with Crippen molar-refractivity contribution in [1.82, 2.24) is 15.1 Å². The van der Waals surface area contributed by atoms with Gasteiger partial charge in [-0.25, -0.2) is 14.7 Å². The normalized spacial score (nSPS) is 17.7. The van der Waals surface area contributed by atoms with Gasteiger partial charge < -0.3 is 20.6 Å². The van der Waals surface area contributed by atoms with E-state index in [9.17, 15) is 15.2 Å². The van der Waals surface area contributed by atoms with Gasteiger partial charge in [0.1, 0.15) is 5.69 Å². The number of carbonyl (C=O) groups is 1. The standard InChI is InChI=1S/C25H27N5O4S/c1-15-23(16(2)29(28-15)21-9-4-5-10-22(21)30(32)33)17-11-12-20(13-17)27-25(35)26-19-8-6-7-18(14-19)24(31)34-3/h4-12,14,17,20,30,32H,13H2,1-3H3,(H2,26,27,35)/t17-,20+/m0/s1. The Morgan fingerprint density at radius 2 is 2.00 bits per heavy atom. The summed E-state index contributed by atoms with van der Waals surface area (Å²) < 4.78 is 6.48. The monoisotopic (exact) mass is 493 g/mol. The molecule has 1 heterocycles. The Bertz CT molecular complexity index is 1290. The quantitative estimate of drug-likeness (QED) is 0.179. The molecule has 3 atom stereocenters. The summed E-state index contributed by atoms with van der Waals surface area (Å²) in [6.07, 6.45) is 4.98. The van der Waals surface area contributed by atoms with E-state index in [0.29, 0.717) is 22.1 Å². The third kappa shape index (κ3) is 5.25. The zero-order valence-electron chi connectivity index (χ0n) is 19.6.